The molecule has 0 amide bonds. The van der Waals surface area contributed by atoms with Gasteiger partial charge in [0.2, 0.25) is 0 Å². The van der Waals surface area contributed by atoms with Gasteiger partial charge in [0, 0.05) is 6.54 Å². The van der Waals surface area contributed by atoms with E-state index in [1.807, 2.05) is 0 Å². The van der Waals surface area contributed by atoms with E-state index in [1.54, 1.807) is 6.92 Å². The van der Waals surface area contributed by atoms with Crippen LogP contribution in [0.1, 0.15) is 49.9 Å². The first-order chi connectivity index (χ1) is 9.61. The number of anilines is 2. The van der Waals surface area contributed by atoms with Crippen molar-refractivity contribution in [1.82, 2.24) is 4.37 Å². The van der Waals surface area contributed by atoms with Crippen LogP contribution in [0.5, 0.6) is 0 Å². The number of hydrogen-bond donors (Lipinski definition) is 2. The maximum absolute atomic E-state index is 11.9. The van der Waals surface area contributed by atoms with Crippen molar-refractivity contribution in [1.29, 1.82) is 0 Å². The van der Waals surface area contributed by atoms with E-state index in [4.69, 9.17) is 10.5 Å². The molecule has 1 aromatic rings. The molecular formula is C14H23N3O2S. The van der Waals surface area contributed by atoms with Gasteiger partial charge in [0.25, 0.3) is 0 Å². The number of nitrogens with two attached hydrogens (primary N) is 1. The minimum Gasteiger partial charge on any atom is -0.462 e. The minimum atomic E-state index is -0.390. The number of carbonyl (C=O) groups excluding carboxylic acids is 1. The van der Waals surface area contributed by atoms with Crippen molar-refractivity contribution >= 4 is 28.3 Å². The van der Waals surface area contributed by atoms with Crippen LogP contribution in [0, 0.1) is 11.8 Å². The molecule has 0 spiro atoms. The molecular weight excluding hydrogens is 274 g/mol. The Balaban J connectivity index is 1.94. The molecule has 3 N–H and O–H groups in total. The SMILES string of the molecule is CCOC(=O)c1c(N)nsc1NCC1CCC(C)CC1. The molecule has 0 bridgehead atoms. The van der Waals surface area contributed by atoms with Gasteiger partial charge in [0.15, 0.2) is 5.82 Å². The third-order valence-corrected chi connectivity index (χ3v) is 4.70. The molecule has 1 aliphatic rings. The monoisotopic (exact) mass is 297 g/mol. The van der Waals surface area contributed by atoms with Crippen LogP contribution in [0.3, 0.4) is 0 Å². The van der Waals surface area contributed by atoms with Crippen LogP contribution in [0.4, 0.5) is 10.8 Å². The first-order valence-corrected chi connectivity index (χ1v) is 8.05. The van der Waals surface area contributed by atoms with Crippen molar-refractivity contribution in [2.45, 2.75) is 39.5 Å². The second-order valence-electron chi connectivity index (χ2n) is 5.50. The lowest BCUT2D eigenvalue weighted by Crippen LogP contribution is -2.20. The molecule has 5 nitrogen and oxygen atoms in total. The quantitative estimate of drug-likeness (QED) is 0.816. The highest BCUT2D eigenvalue weighted by molar-refractivity contribution is 7.11. The molecule has 0 radical (unpaired) electrons. The molecule has 20 heavy (non-hydrogen) atoms. The zero-order chi connectivity index (χ0) is 14.5. The van der Waals surface area contributed by atoms with Gasteiger partial charge in [-0.2, -0.15) is 4.37 Å². The molecule has 1 aliphatic carbocycles. The normalized spacial score (nSPS) is 22.5. The lowest BCUT2D eigenvalue weighted by molar-refractivity contribution is 0.0529. The van der Waals surface area contributed by atoms with Crippen molar-refractivity contribution < 1.29 is 9.53 Å². The predicted octanol–water partition coefficient (Wildman–Crippen LogP) is 3.14. The number of hydrogen-bond acceptors (Lipinski definition) is 6. The fraction of sp³-hybridized carbons (Fsp3) is 0.714. The molecule has 1 aromatic heterocycles. The Morgan fingerprint density at radius 2 is 2.15 bits per heavy atom. The standard InChI is InChI=1S/C14H23N3O2S/c1-3-19-14(18)11-12(15)17-20-13(11)16-8-10-6-4-9(2)5-7-10/h9-10,16H,3-8H2,1-2H3,(H2,15,17). The zero-order valence-electron chi connectivity index (χ0n) is 12.1. The summed E-state index contributed by atoms with van der Waals surface area (Å²) >= 11 is 1.23. The van der Waals surface area contributed by atoms with Crippen LogP contribution >= 0.6 is 11.5 Å². The summed E-state index contributed by atoms with van der Waals surface area (Å²) in [5.41, 5.74) is 6.15. The largest absolute Gasteiger partial charge is 0.462 e. The second-order valence-corrected chi connectivity index (χ2v) is 6.27. The molecule has 0 aliphatic heterocycles. The predicted molar refractivity (Wildman–Crippen MR) is 82.1 cm³/mol. The van der Waals surface area contributed by atoms with Gasteiger partial charge in [0.05, 0.1) is 6.61 Å². The number of carbonyl (C=O) groups is 1. The molecule has 0 atom stereocenters. The van der Waals surface area contributed by atoms with Gasteiger partial charge in [-0.15, -0.1) is 0 Å². The fourth-order valence-electron chi connectivity index (χ4n) is 2.59. The van der Waals surface area contributed by atoms with E-state index >= 15 is 0 Å². The zero-order valence-corrected chi connectivity index (χ0v) is 13.0. The lowest BCUT2D eigenvalue weighted by atomic mass is 9.83. The van der Waals surface area contributed by atoms with Crippen LogP contribution in [-0.4, -0.2) is 23.5 Å². The molecule has 1 saturated carbocycles. The summed E-state index contributed by atoms with van der Waals surface area (Å²) in [7, 11) is 0. The van der Waals surface area contributed by atoms with E-state index in [0.29, 0.717) is 18.1 Å². The van der Waals surface area contributed by atoms with Crippen molar-refractivity contribution in [3.05, 3.63) is 5.56 Å². The molecule has 0 unspecified atom stereocenters. The molecule has 1 fully saturated rings. The number of esters is 1. The van der Waals surface area contributed by atoms with E-state index in [1.165, 1.54) is 37.2 Å². The molecule has 1 heterocycles. The molecule has 0 saturated heterocycles. The summed E-state index contributed by atoms with van der Waals surface area (Å²) in [4.78, 5) is 11.9. The highest BCUT2D eigenvalue weighted by atomic mass is 32.1. The average molecular weight is 297 g/mol. The number of nitrogens with one attached hydrogen (secondary N) is 1. The Morgan fingerprint density at radius 1 is 1.45 bits per heavy atom. The first kappa shape index (κ1) is 15.1. The number of nitrogen functional groups attached to an aromatic ring is 1. The summed E-state index contributed by atoms with van der Waals surface area (Å²) in [6.07, 6.45) is 5.08. The highest BCUT2D eigenvalue weighted by Gasteiger charge is 2.22. The Labute approximate surface area is 124 Å². The Kier molecular flexibility index (Phi) is 5.23. The summed E-state index contributed by atoms with van der Waals surface area (Å²) in [5.74, 6) is 1.39. The van der Waals surface area contributed by atoms with E-state index < -0.39 is 5.97 Å². The van der Waals surface area contributed by atoms with Crippen LogP contribution in [-0.2, 0) is 4.74 Å². The number of nitrogens with zero attached hydrogens (tertiary/aromatic N) is 1. The van der Waals surface area contributed by atoms with E-state index in [9.17, 15) is 4.79 Å². The lowest BCUT2D eigenvalue weighted by Gasteiger charge is -2.26. The van der Waals surface area contributed by atoms with Gasteiger partial charge in [0.1, 0.15) is 10.6 Å². The van der Waals surface area contributed by atoms with Crippen LogP contribution in [0.2, 0.25) is 0 Å². The third-order valence-electron chi connectivity index (χ3n) is 3.88. The van der Waals surface area contributed by atoms with Gasteiger partial charge in [-0.1, -0.05) is 19.8 Å². The van der Waals surface area contributed by atoms with Crippen molar-refractivity contribution in [2.75, 3.05) is 24.2 Å². The average Bonchev–Trinajstić information content (AvgIpc) is 2.79. The van der Waals surface area contributed by atoms with Crippen molar-refractivity contribution in [3.63, 3.8) is 0 Å². The van der Waals surface area contributed by atoms with Gasteiger partial charge < -0.3 is 15.8 Å². The summed E-state index contributed by atoms with van der Waals surface area (Å²) in [6, 6.07) is 0. The second kappa shape index (κ2) is 6.92. The van der Waals surface area contributed by atoms with Gasteiger partial charge in [-0.05, 0) is 43.1 Å². The summed E-state index contributed by atoms with van der Waals surface area (Å²) in [6.45, 7) is 5.31. The Hall–Kier alpha value is -1.30. The molecule has 2 rings (SSSR count). The molecule has 6 heteroatoms. The third kappa shape index (κ3) is 3.62. The summed E-state index contributed by atoms with van der Waals surface area (Å²) < 4.78 is 9.07. The van der Waals surface area contributed by atoms with Crippen LogP contribution in [0.15, 0.2) is 0 Å². The Morgan fingerprint density at radius 3 is 2.80 bits per heavy atom. The maximum atomic E-state index is 11.9. The molecule has 112 valence electrons. The number of ether oxygens (including phenoxy) is 1. The van der Waals surface area contributed by atoms with Gasteiger partial charge in [-0.3, -0.25) is 0 Å². The highest BCUT2D eigenvalue weighted by Crippen LogP contribution is 2.31. The van der Waals surface area contributed by atoms with Crippen molar-refractivity contribution in [2.24, 2.45) is 11.8 Å². The van der Waals surface area contributed by atoms with Crippen molar-refractivity contribution in [3.8, 4) is 0 Å². The number of aromatic nitrogens is 1. The van der Waals surface area contributed by atoms with E-state index in [2.05, 4.69) is 16.6 Å². The van der Waals surface area contributed by atoms with Gasteiger partial charge in [-0.25, -0.2) is 4.79 Å². The Bertz CT molecular complexity index is 453. The minimum absolute atomic E-state index is 0.258. The van der Waals surface area contributed by atoms with E-state index in [-0.39, 0.29) is 5.82 Å². The fourth-order valence-corrected chi connectivity index (χ4v) is 3.30. The van der Waals surface area contributed by atoms with Gasteiger partial charge >= 0.3 is 5.97 Å². The van der Waals surface area contributed by atoms with Crippen LogP contribution in [0.25, 0.3) is 0 Å². The summed E-state index contributed by atoms with van der Waals surface area (Å²) in [5, 5.41) is 4.07. The topological polar surface area (TPSA) is 77.2 Å². The van der Waals surface area contributed by atoms with E-state index in [0.717, 1.165) is 17.5 Å². The maximum Gasteiger partial charge on any atom is 0.344 e. The molecule has 0 aromatic carbocycles. The smallest absolute Gasteiger partial charge is 0.344 e. The van der Waals surface area contributed by atoms with Crippen LogP contribution < -0.4 is 11.1 Å². The number of rotatable bonds is 5. The first-order valence-electron chi connectivity index (χ1n) is 7.28.